The van der Waals surface area contributed by atoms with Crippen LogP contribution in [-0.4, -0.2) is 23.2 Å². The van der Waals surface area contributed by atoms with E-state index in [2.05, 4.69) is 5.32 Å². The third-order valence-electron chi connectivity index (χ3n) is 3.91. The van der Waals surface area contributed by atoms with Crippen LogP contribution in [-0.2, 0) is 16.1 Å². The molecule has 0 spiro atoms. The van der Waals surface area contributed by atoms with Crippen LogP contribution >= 0.6 is 46.4 Å². The summed E-state index contributed by atoms with van der Waals surface area (Å²) in [7, 11) is 0. The molecule has 0 radical (unpaired) electrons. The molecule has 1 amide bonds. The molecule has 1 atom stereocenters. The normalized spacial score (nSPS) is 12.8. The molecule has 2 N–H and O–H groups in total. The monoisotopic (exact) mass is 499 g/mol. The zero-order valence-electron chi connectivity index (χ0n) is 14.7. The average molecular weight is 501 g/mol. The summed E-state index contributed by atoms with van der Waals surface area (Å²) in [5.41, 5.74) is 0.568. The van der Waals surface area contributed by atoms with Gasteiger partial charge in [-0.05, 0) is 34.9 Å². The average Bonchev–Trinajstić information content (AvgIpc) is 2.64. The quantitative estimate of drug-likeness (QED) is 0.370. The van der Waals surface area contributed by atoms with Crippen molar-refractivity contribution >= 4 is 64.4 Å². The Hall–Kier alpha value is -1.93. The lowest BCUT2D eigenvalue weighted by Crippen LogP contribution is -2.30. The van der Waals surface area contributed by atoms with Crippen molar-refractivity contribution in [2.45, 2.75) is 18.6 Å². The van der Waals surface area contributed by atoms with Crippen molar-refractivity contribution in [2.75, 3.05) is 0 Å². The minimum Gasteiger partial charge on any atom is -0.474 e. The zero-order chi connectivity index (χ0) is 22.6. The summed E-state index contributed by atoms with van der Waals surface area (Å²) >= 11 is 23.6. The number of benzene rings is 2. The van der Waals surface area contributed by atoms with Crippen molar-refractivity contribution in [1.82, 2.24) is 5.32 Å². The van der Waals surface area contributed by atoms with Gasteiger partial charge >= 0.3 is 18.1 Å². The molecule has 11 heteroatoms. The molecule has 30 heavy (non-hydrogen) atoms. The fourth-order valence-corrected chi connectivity index (χ4v) is 3.30. The first-order valence-electron chi connectivity index (χ1n) is 8.09. The van der Waals surface area contributed by atoms with E-state index in [-0.39, 0.29) is 32.2 Å². The number of nitrogens with one attached hydrogen (secondary N) is 1. The van der Waals surface area contributed by atoms with Gasteiger partial charge in [0.2, 0.25) is 0 Å². The van der Waals surface area contributed by atoms with E-state index in [0.717, 1.165) is 18.2 Å². The van der Waals surface area contributed by atoms with Gasteiger partial charge < -0.3 is 10.4 Å². The Labute approximate surface area is 189 Å². The number of hydrogen-bond donors (Lipinski definition) is 2. The molecule has 0 aromatic heterocycles. The first-order valence-corrected chi connectivity index (χ1v) is 9.60. The fraction of sp³-hybridized carbons (Fsp3) is 0.158. The zero-order valence-corrected chi connectivity index (χ0v) is 17.8. The molecule has 0 aliphatic carbocycles. The second-order valence-electron chi connectivity index (χ2n) is 6.02. The number of halogens is 7. The highest BCUT2D eigenvalue weighted by atomic mass is 35.5. The molecular weight excluding hydrogens is 489 g/mol. The number of rotatable bonds is 5. The molecule has 0 saturated carbocycles. The molecule has 2 aromatic carbocycles. The largest absolute Gasteiger partial charge is 0.474 e. The van der Waals surface area contributed by atoms with E-state index in [4.69, 9.17) is 51.5 Å². The number of aliphatic carboxylic acids is 1. The predicted octanol–water partition coefficient (Wildman–Crippen LogP) is 6.36. The summed E-state index contributed by atoms with van der Waals surface area (Å²) in [4.78, 5) is 21.6. The van der Waals surface area contributed by atoms with E-state index >= 15 is 0 Å². The van der Waals surface area contributed by atoms with Crippen LogP contribution in [0.25, 0.3) is 6.08 Å². The van der Waals surface area contributed by atoms with Crippen LogP contribution in [0.1, 0.15) is 22.6 Å². The third-order valence-corrected chi connectivity index (χ3v) is 5.46. The van der Waals surface area contributed by atoms with Crippen molar-refractivity contribution in [3.8, 4) is 0 Å². The number of hydrogen-bond acceptors (Lipinski definition) is 2. The Balaban J connectivity index is 2.27. The van der Waals surface area contributed by atoms with Crippen LogP contribution in [0.2, 0.25) is 20.1 Å². The summed E-state index contributed by atoms with van der Waals surface area (Å²) < 4.78 is 40.7. The fourth-order valence-electron chi connectivity index (χ4n) is 2.43. The molecule has 1 unspecified atom stereocenters. The number of carboxylic acids is 1. The van der Waals surface area contributed by atoms with Gasteiger partial charge in [-0.3, -0.25) is 4.79 Å². The van der Waals surface area contributed by atoms with Crippen molar-refractivity contribution in [1.29, 1.82) is 0 Å². The van der Waals surface area contributed by atoms with E-state index in [1.807, 2.05) is 0 Å². The number of carboxylic acid groups (broad SMARTS) is 1. The van der Waals surface area contributed by atoms with E-state index < -0.39 is 24.0 Å². The molecule has 2 rings (SSSR count). The maximum Gasteiger partial charge on any atom is 0.399 e. The second-order valence-corrected chi connectivity index (χ2v) is 7.62. The Morgan fingerprint density at radius 2 is 1.63 bits per heavy atom. The van der Waals surface area contributed by atoms with Crippen molar-refractivity contribution in [2.24, 2.45) is 0 Å². The highest BCUT2D eigenvalue weighted by Gasteiger charge is 2.39. The van der Waals surface area contributed by atoms with Crippen molar-refractivity contribution < 1.29 is 27.9 Å². The highest BCUT2D eigenvalue weighted by Crippen LogP contribution is 2.41. The maximum atomic E-state index is 13.6. The van der Waals surface area contributed by atoms with Crippen LogP contribution < -0.4 is 5.32 Å². The van der Waals surface area contributed by atoms with Crippen LogP contribution in [0.3, 0.4) is 0 Å². The summed E-state index contributed by atoms with van der Waals surface area (Å²) in [6, 6.07) is 6.51. The van der Waals surface area contributed by atoms with Gasteiger partial charge in [-0.15, -0.1) is 0 Å². The Bertz CT molecular complexity index is 986. The predicted molar refractivity (Wildman–Crippen MR) is 110 cm³/mol. The van der Waals surface area contributed by atoms with Crippen LogP contribution in [0.4, 0.5) is 13.2 Å². The van der Waals surface area contributed by atoms with Gasteiger partial charge in [-0.1, -0.05) is 70.7 Å². The van der Waals surface area contributed by atoms with Crippen LogP contribution in [0.15, 0.2) is 36.4 Å². The topological polar surface area (TPSA) is 66.4 Å². The van der Waals surface area contributed by atoms with E-state index in [1.165, 1.54) is 24.3 Å². The molecular formula is C19H12Cl4F3NO3. The van der Waals surface area contributed by atoms with E-state index in [1.54, 1.807) is 0 Å². The summed E-state index contributed by atoms with van der Waals surface area (Å²) in [6.07, 6.45) is -2.48. The van der Waals surface area contributed by atoms with Crippen molar-refractivity contribution in [3.05, 3.63) is 73.2 Å². The summed E-state index contributed by atoms with van der Waals surface area (Å²) in [6.45, 7) is -0.152. The lowest BCUT2D eigenvalue weighted by Gasteiger charge is -2.18. The molecule has 0 saturated heterocycles. The Morgan fingerprint density at radius 1 is 1.03 bits per heavy atom. The van der Waals surface area contributed by atoms with Gasteiger partial charge in [0, 0.05) is 11.6 Å². The van der Waals surface area contributed by atoms with Gasteiger partial charge in [-0.2, -0.15) is 13.2 Å². The van der Waals surface area contributed by atoms with Gasteiger partial charge in [0.1, 0.15) is 0 Å². The van der Waals surface area contributed by atoms with Gasteiger partial charge in [0.15, 0.2) is 0 Å². The number of alkyl halides is 3. The molecule has 0 heterocycles. The minimum absolute atomic E-state index is 0.0376. The second kappa shape index (κ2) is 9.92. The third kappa shape index (κ3) is 6.28. The van der Waals surface area contributed by atoms with Crippen LogP contribution in [0, 0.1) is 0 Å². The molecule has 0 aliphatic heterocycles. The Kier molecular flexibility index (Phi) is 8.05. The molecule has 160 valence electrons. The lowest BCUT2D eigenvalue weighted by molar-refractivity contribution is -0.150. The Morgan fingerprint density at radius 3 is 2.13 bits per heavy atom. The smallest absolute Gasteiger partial charge is 0.399 e. The van der Waals surface area contributed by atoms with Crippen LogP contribution in [0.5, 0.6) is 0 Å². The standard InChI is InChI=1S/C19H12Cl4F3NO3/c20-13-5-9(1-3-10(13)8-27-17(28)18(29)30)2-4-12(19(24,25)26)11-6-14(21)16(23)15(22)7-11/h1-7,12H,8H2,(H,27,28)(H,29,30). The molecule has 4 nitrogen and oxygen atoms in total. The van der Waals surface area contributed by atoms with E-state index in [9.17, 15) is 22.8 Å². The maximum absolute atomic E-state index is 13.6. The van der Waals surface area contributed by atoms with E-state index in [0.29, 0.717) is 11.1 Å². The SMILES string of the molecule is O=C(O)C(=O)NCc1ccc(C=CC(c2cc(Cl)c(Cl)c(Cl)c2)C(F)(F)F)cc1Cl. The summed E-state index contributed by atoms with van der Waals surface area (Å²) in [5.74, 6) is -4.85. The molecule has 2 aromatic rings. The molecule has 0 bridgehead atoms. The number of amides is 1. The molecule has 0 aliphatic rings. The van der Waals surface area contributed by atoms with Gasteiger partial charge in [0.25, 0.3) is 0 Å². The first-order chi connectivity index (χ1) is 13.9. The lowest BCUT2D eigenvalue weighted by atomic mass is 9.97. The van der Waals surface area contributed by atoms with Gasteiger partial charge in [-0.25, -0.2) is 4.79 Å². The number of allylic oxidation sites excluding steroid dienone is 1. The first kappa shape index (κ1) is 24.3. The van der Waals surface area contributed by atoms with Gasteiger partial charge in [0.05, 0.1) is 21.0 Å². The highest BCUT2D eigenvalue weighted by molar-refractivity contribution is 6.48. The minimum atomic E-state index is -4.62. The summed E-state index contributed by atoms with van der Waals surface area (Å²) in [5, 5.41) is 10.6. The molecule has 0 fully saturated rings. The van der Waals surface area contributed by atoms with Crippen molar-refractivity contribution in [3.63, 3.8) is 0 Å². The number of carbonyl (C=O) groups excluding carboxylic acids is 1. The number of carbonyl (C=O) groups is 2.